The molecule has 1 rings (SSSR count). The van der Waals surface area contributed by atoms with Gasteiger partial charge in [-0.3, -0.25) is 0 Å². The minimum Gasteiger partial charge on any atom is -0.397 e. The Balaban J connectivity index is 2.61. The van der Waals surface area contributed by atoms with Crippen molar-refractivity contribution in [2.45, 2.75) is 12.5 Å². The van der Waals surface area contributed by atoms with E-state index in [4.69, 9.17) is 17.3 Å². The maximum Gasteiger partial charge on any atom is 0.0881 e. The zero-order valence-electron chi connectivity index (χ0n) is 9.46. The van der Waals surface area contributed by atoms with Gasteiger partial charge >= 0.3 is 0 Å². The molecule has 1 aromatic carbocycles. The molecule has 0 aliphatic carbocycles. The molecule has 0 bridgehead atoms. The predicted octanol–water partition coefficient (Wildman–Crippen LogP) is 2.45. The van der Waals surface area contributed by atoms with Crippen LogP contribution in [0.15, 0.2) is 18.2 Å². The Morgan fingerprint density at radius 1 is 1.56 bits per heavy atom. The van der Waals surface area contributed by atoms with Gasteiger partial charge in [-0.2, -0.15) is 11.8 Å². The van der Waals surface area contributed by atoms with E-state index in [0.29, 0.717) is 23.0 Å². The first-order valence-corrected chi connectivity index (χ1v) is 6.72. The molecule has 0 spiro atoms. The van der Waals surface area contributed by atoms with Gasteiger partial charge in [0.2, 0.25) is 0 Å². The third kappa shape index (κ3) is 4.12. The monoisotopic (exact) mass is 260 g/mol. The molecule has 0 aromatic heterocycles. The van der Waals surface area contributed by atoms with Crippen molar-refractivity contribution in [3.8, 4) is 0 Å². The van der Waals surface area contributed by atoms with E-state index < -0.39 is 5.60 Å². The van der Waals surface area contributed by atoms with Crippen molar-refractivity contribution in [2.24, 2.45) is 0 Å². The van der Waals surface area contributed by atoms with Gasteiger partial charge in [-0.05, 0) is 31.4 Å². The highest BCUT2D eigenvalue weighted by Gasteiger charge is 2.19. The fourth-order valence-corrected chi connectivity index (χ4v) is 2.25. The lowest BCUT2D eigenvalue weighted by atomic mass is 10.1. The minimum absolute atomic E-state index is 0.458. The Kier molecular flexibility index (Phi) is 4.77. The first-order chi connectivity index (χ1) is 7.44. The average molecular weight is 261 g/mol. The van der Waals surface area contributed by atoms with Crippen LogP contribution >= 0.6 is 23.4 Å². The highest BCUT2D eigenvalue weighted by atomic mass is 35.5. The van der Waals surface area contributed by atoms with Crippen LogP contribution in [0.5, 0.6) is 0 Å². The number of rotatable bonds is 5. The lowest BCUT2D eigenvalue weighted by Gasteiger charge is -2.23. The number of nitrogen functional groups attached to an aromatic ring is 1. The van der Waals surface area contributed by atoms with Crippen LogP contribution in [0.25, 0.3) is 0 Å². The van der Waals surface area contributed by atoms with Gasteiger partial charge in [-0.1, -0.05) is 11.6 Å². The van der Waals surface area contributed by atoms with Crippen molar-refractivity contribution < 1.29 is 5.11 Å². The number of nitrogens with two attached hydrogens (primary N) is 1. The highest BCUT2D eigenvalue weighted by molar-refractivity contribution is 7.98. The molecule has 1 atom stereocenters. The van der Waals surface area contributed by atoms with Gasteiger partial charge in [0.05, 0.1) is 17.0 Å². The predicted molar refractivity (Wildman–Crippen MR) is 73.4 cm³/mol. The largest absolute Gasteiger partial charge is 0.397 e. The van der Waals surface area contributed by atoms with Gasteiger partial charge in [0.25, 0.3) is 0 Å². The number of hydrogen-bond acceptors (Lipinski definition) is 4. The summed E-state index contributed by atoms with van der Waals surface area (Å²) in [6.07, 6.45) is 1.96. The van der Waals surface area contributed by atoms with Crippen molar-refractivity contribution >= 4 is 34.7 Å². The molecule has 0 aliphatic heterocycles. The Labute approximate surface area is 105 Å². The summed E-state index contributed by atoms with van der Waals surface area (Å²) >= 11 is 7.40. The van der Waals surface area contributed by atoms with E-state index in [0.717, 1.165) is 5.69 Å². The molecule has 0 fully saturated rings. The molecule has 4 N–H and O–H groups in total. The van der Waals surface area contributed by atoms with E-state index in [9.17, 15) is 5.11 Å². The van der Waals surface area contributed by atoms with Crippen LogP contribution in [0.4, 0.5) is 11.4 Å². The Morgan fingerprint density at radius 2 is 2.25 bits per heavy atom. The fraction of sp³-hybridized carbons (Fsp3) is 0.455. The maximum atomic E-state index is 9.97. The average Bonchev–Trinajstić information content (AvgIpc) is 2.16. The first-order valence-electron chi connectivity index (χ1n) is 4.95. The SMILES string of the molecule is CSCC(C)(O)CNc1ccc(Cl)cc1N. The van der Waals surface area contributed by atoms with Crippen LogP contribution in [0.2, 0.25) is 5.02 Å². The van der Waals surface area contributed by atoms with Gasteiger partial charge in [0, 0.05) is 17.3 Å². The van der Waals surface area contributed by atoms with Gasteiger partial charge in [-0.25, -0.2) is 0 Å². The number of anilines is 2. The number of halogens is 1. The molecular weight excluding hydrogens is 244 g/mol. The zero-order chi connectivity index (χ0) is 12.2. The molecule has 0 saturated carbocycles. The topological polar surface area (TPSA) is 58.3 Å². The highest BCUT2D eigenvalue weighted by Crippen LogP contribution is 2.23. The smallest absolute Gasteiger partial charge is 0.0881 e. The van der Waals surface area contributed by atoms with Gasteiger partial charge in [0.1, 0.15) is 0 Å². The molecule has 0 amide bonds. The van der Waals surface area contributed by atoms with Crippen molar-refractivity contribution in [2.75, 3.05) is 29.6 Å². The summed E-state index contributed by atoms with van der Waals surface area (Å²) in [6, 6.07) is 5.27. The summed E-state index contributed by atoms with van der Waals surface area (Å²) in [7, 11) is 0. The molecule has 1 aromatic rings. The Morgan fingerprint density at radius 3 is 2.81 bits per heavy atom. The van der Waals surface area contributed by atoms with E-state index in [-0.39, 0.29) is 0 Å². The molecule has 90 valence electrons. The van der Waals surface area contributed by atoms with E-state index in [1.807, 2.05) is 12.3 Å². The second-order valence-corrected chi connectivity index (χ2v) is 5.32. The summed E-state index contributed by atoms with van der Waals surface area (Å²) in [5, 5.41) is 13.7. The molecule has 0 radical (unpaired) electrons. The quantitative estimate of drug-likeness (QED) is 0.712. The summed E-state index contributed by atoms with van der Waals surface area (Å²) in [6.45, 7) is 2.25. The van der Waals surface area contributed by atoms with E-state index in [2.05, 4.69) is 5.32 Å². The third-order valence-electron chi connectivity index (χ3n) is 2.13. The van der Waals surface area contributed by atoms with Crippen LogP contribution in [0, 0.1) is 0 Å². The van der Waals surface area contributed by atoms with Crippen LogP contribution in [-0.2, 0) is 0 Å². The Bertz CT molecular complexity index is 358. The number of aliphatic hydroxyl groups is 1. The lowest BCUT2D eigenvalue weighted by molar-refractivity contribution is 0.0997. The summed E-state index contributed by atoms with van der Waals surface area (Å²) in [5.74, 6) is 0.674. The number of hydrogen-bond donors (Lipinski definition) is 3. The molecule has 3 nitrogen and oxygen atoms in total. The third-order valence-corrected chi connectivity index (χ3v) is 3.27. The summed E-state index contributed by atoms with van der Waals surface area (Å²) < 4.78 is 0. The fourth-order valence-electron chi connectivity index (χ4n) is 1.34. The maximum absolute atomic E-state index is 9.97. The van der Waals surface area contributed by atoms with Crippen molar-refractivity contribution in [1.82, 2.24) is 0 Å². The second kappa shape index (κ2) is 5.66. The number of thioether (sulfide) groups is 1. The van der Waals surface area contributed by atoms with E-state index >= 15 is 0 Å². The molecular formula is C11H17ClN2OS. The van der Waals surface area contributed by atoms with E-state index in [1.165, 1.54) is 0 Å². The lowest BCUT2D eigenvalue weighted by Crippen LogP contribution is -2.36. The van der Waals surface area contributed by atoms with Crippen LogP contribution in [0.3, 0.4) is 0 Å². The molecule has 0 saturated heterocycles. The molecule has 0 heterocycles. The minimum atomic E-state index is -0.745. The first kappa shape index (κ1) is 13.5. The van der Waals surface area contributed by atoms with Gasteiger partial charge < -0.3 is 16.2 Å². The van der Waals surface area contributed by atoms with Gasteiger partial charge in [0.15, 0.2) is 0 Å². The van der Waals surface area contributed by atoms with Crippen LogP contribution < -0.4 is 11.1 Å². The van der Waals surface area contributed by atoms with Crippen molar-refractivity contribution in [3.63, 3.8) is 0 Å². The Hall–Kier alpha value is -0.580. The molecule has 16 heavy (non-hydrogen) atoms. The summed E-state index contributed by atoms with van der Waals surface area (Å²) in [5.41, 5.74) is 6.43. The molecule has 5 heteroatoms. The zero-order valence-corrected chi connectivity index (χ0v) is 11.0. The van der Waals surface area contributed by atoms with Crippen molar-refractivity contribution in [3.05, 3.63) is 23.2 Å². The molecule has 1 unspecified atom stereocenters. The summed E-state index contributed by atoms with van der Waals surface area (Å²) in [4.78, 5) is 0. The molecule has 0 aliphatic rings. The van der Waals surface area contributed by atoms with E-state index in [1.54, 1.807) is 30.8 Å². The van der Waals surface area contributed by atoms with Crippen molar-refractivity contribution in [1.29, 1.82) is 0 Å². The second-order valence-electron chi connectivity index (χ2n) is 4.02. The number of nitrogens with one attached hydrogen (secondary N) is 1. The van der Waals surface area contributed by atoms with Crippen LogP contribution in [0.1, 0.15) is 6.92 Å². The van der Waals surface area contributed by atoms with Gasteiger partial charge in [-0.15, -0.1) is 0 Å². The van der Waals surface area contributed by atoms with Crippen LogP contribution in [-0.4, -0.2) is 29.3 Å². The normalized spacial score (nSPS) is 14.5. The number of benzene rings is 1. The standard InChI is InChI=1S/C11H17ClN2OS/c1-11(15,7-16-2)6-14-10-4-3-8(12)5-9(10)13/h3-5,14-15H,6-7,13H2,1-2H3.